The number of halogens is 1. The molecule has 0 radical (unpaired) electrons. The standard InChI is InChI=1S/C15H9FOS/c16-12-5-6-14-11(7-12)8-15(18-14)13-4-2-1-3-10(13)9-17/h1-9H. The lowest BCUT2D eigenvalue weighted by Gasteiger charge is -1.99. The molecule has 3 heteroatoms. The van der Waals surface area contributed by atoms with Gasteiger partial charge < -0.3 is 0 Å². The van der Waals surface area contributed by atoms with E-state index in [9.17, 15) is 9.18 Å². The summed E-state index contributed by atoms with van der Waals surface area (Å²) in [5.74, 6) is -0.240. The van der Waals surface area contributed by atoms with Crippen LogP contribution in [-0.2, 0) is 0 Å². The van der Waals surface area contributed by atoms with Crippen molar-refractivity contribution in [2.75, 3.05) is 0 Å². The minimum atomic E-state index is -0.240. The monoisotopic (exact) mass is 256 g/mol. The maximum Gasteiger partial charge on any atom is 0.150 e. The lowest BCUT2D eigenvalue weighted by atomic mass is 10.1. The Labute approximate surface area is 108 Å². The fourth-order valence-corrected chi connectivity index (χ4v) is 3.06. The lowest BCUT2D eigenvalue weighted by molar-refractivity contribution is 0.112. The Hall–Kier alpha value is -2.00. The predicted octanol–water partition coefficient (Wildman–Crippen LogP) is 4.52. The van der Waals surface area contributed by atoms with Gasteiger partial charge in [0.25, 0.3) is 0 Å². The summed E-state index contributed by atoms with van der Waals surface area (Å²) in [5, 5.41) is 0.871. The number of hydrogen-bond donors (Lipinski definition) is 0. The Morgan fingerprint density at radius 2 is 1.89 bits per heavy atom. The highest BCUT2D eigenvalue weighted by atomic mass is 32.1. The molecule has 0 saturated carbocycles. The molecule has 0 aliphatic rings. The molecule has 0 unspecified atom stereocenters. The first-order valence-corrected chi connectivity index (χ1v) is 6.33. The summed E-state index contributed by atoms with van der Waals surface area (Å²) in [7, 11) is 0. The van der Waals surface area contributed by atoms with Gasteiger partial charge in [0.1, 0.15) is 5.82 Å². The van der Waals surface area contributed by atoms with Gasteiger partial charge in [0, 0.05) is 20.7 Å². The summed E-state index contributed by atoms with van der Waals surface area (Å²) in [6, 6.07) is 14.1. The van der Waals surface area contributed by atoms with Gasteiger partial charge >= 0.3 is 0 Å². The van der Waals surface area contributed by atoms with Gasteiger partial charge in [-0.05, 0) is 29.7 Å². The van der Waals surface area contributed by atoms with E-state index in [4.69, 9.17) is 0 Å². The molecule has 0 saturated heterocycles. The second-order valence-corrected chi connectivity index (χ2v) is 5.08. The van der Waals surface area contributed by atoms with E-state index in [1.54, 1.807) is 23.5 Å². The molecule has 0 spiro atoms. The highest BCUT2D eigenvalue weighted by Crippen LogP contribution is 2.35. The smallest absolute Gasteiger partial charge is 0.150 e. The number of hydrogen-bond acceptors (Lipinski definition) is 2. The number of benzene rings is 2. The molecule has 0 atom stereocenters. The van der Waals surface area contributed by atoms with Crippen LogP contribution in [0.5, 0.6) is 0 Å². The number of carbonyl (C=O) groups excluding carboxylic acids is 1. The van der Waals surface area contributed by atoms with Crippen LogP contribution in [0.1, 0.15) is 10.4 Å². The van der Waals surface area contributed by atoms with E-state index in [0.717, 1.165) is 26.8 Å². The van der Waals surface area contributed by atoms with E-state index in [0.29, 0.717) is 5.56 Å². The predicted molar refractivity (Wildman–Crippen MR) is 72.6 cm³/mol. The van der Waals surface area contributed by atoms with Crippen LogP contribution in [0, 0.1) is 5.82 Å². The van der Waals surface area contributed by atoms with Crippen LogP contribution in [0.3, 0.4) is 0 Å². The van der Waals surface area contributed by atoms with Gasteiger partial charge in [-0.2, -0.15) is 0 Å². The molecule has 1 nitrogen and oxygen atoms in total. The Kier molecular flexibility index (Phi) is 2.68. The summed E-state index contributed by atoms with van der Waals surface area (Å²) < 4.78 is 14.2. The summed E-state index contributed by atoms with van der Waals surface area (Å²) >= 11 is 1.56. The topological polar surface area (TPSA) is 17.1 Å². The largest absolute Gasteiger partial charge is 0.298 e. The molecule has 1 heterocycles. The van der Waals surface area contributed by atoms with Crippen LogP contribution in [0.25, 0.3) is 20.5 Å². The average Bonchev–Trinajstić information content (AvgIpc) is 2.81. The molecular weight excluding hydrogens is 247 g/mol. The zero-order valence-corrected chi connectivity index (χ0v) is 10.2. The van der Waals surface area contributed by atoms with Crippen molar-refractivity contribution in [1.29, 1.82) is 0 Å². The van der Waals surface area contributed by atoms with Crippen molar-refractivity contribution < 1.29 is 9.18 Å². The van der Waals surface area contributed by atoms with Gasteiger partial charge in [0.15, 0.2) is 6.29 Å². The number of thiophene rings is 1. The molecule has 3 rings (SSSR count). The fraction of sp³-hybridized carbons (Fsp3) is 0. The van der Waals surface area contributed by atoms with Crippen molar-refractivity contribution in [2.24, 2.45) is 0 Å². The van der Waals surface area contributed by atoms with Crippen LogP contribution in [-0.4, -0.2) is 6.29 Å². The third kappa shape index (κ3) is 1.83. The molecule has 0 bridgehead atoms. The number of carbonyl (C=O) groups is 1. The molecule has 2 aromatic carbocycles. The van der Waals surface area contributed by atoms with Crippen molar-refractivity contribution in [3.63, 3.8) is 0 Å². The fourth-order valence-electron chi connectivity index (χ4n) is 1.97. The van der Waals surface area contributed by atoms with E-state index in [1.165, 1.54) is 12.1 Å². The molecular formula is C15H9FOS. The molecule has 1 aromatic heterocycles. The third-order valence-corrected chi connectivity index (χ3v) is 3.98. The van der Waals surface area contributed by atoms with Crippen molar-refractivity contribution >= 4 is 27.7 Å². The van der Waals surface area contributed by atoms with Gasteiger partial charge in [0.2, 0.25) is 0 Å². The van der Waals surface area contributed by atoms with Gasteiger partial charge in [-0.1, -0.05) is 24.3 Å². The molecule has 0 amide bonds. The molecule has 0 aliphatic carbocycles. The first-order valence-electron chi connectivity index (χ1n) is 5.51. The zero-order valence-electron chi connectivity index (χ0n) is 9.39. The summed E-state index contributed by atoms with van der Waals surface area (Å²) in [6.45, 7) is 0. The minimum absolute atomic E-state index is 0.240. The maximum absolute atomic E-state index is 13.1. The van der Waals surface area contributed by atoms with Crippen LogP contribution >= 0.6 is 11.3 Å². The zero-order chi connectivity index (χ0) is 12.5. The molecule has 88 valence electrons. The van der Waals surface area contributed by atoms with Gasteiger partial charge in [-0.25, -0.2) is 4.39 Å². The maximum atomic E-state index is 13.1. The van der Waals surface area contributed by atoms with E-state index < -0.39 is 0 Å². The Bertz CT molecular complexity index is 730. The molecule has 0 N–H and O–H groups in total. The first-order chi connectivity index (χ1) is 8.78. The Morgan fingerprint density at radius 3 is 2.72 bits per heavy atom. The van der Waals surface area contributed by atoms with Gasteiger partial charge in [-0.3, -0.25) is 4.79 Å². The number of fused-ring (bicyclic) bond motifs is 1. The van der Waals surface area contributed by atoms with E-state index >= 15 is 0 Å². The third-order valence-electron chi connectivity index (χ3n) is 2.83. The quantitative estimate of drug-likeness (QED) is 0.616. The summed E-state index contributed by atoms with van der Waals surface area (Å²) in [6.07, 6.45) is 0.848. The summed E-state index contributed by atoms with van der Waals surface area (Å²) in [4.78, 5) is 12.0. The van der Waals surface area contributed by atoms with Crippen LogP contribution in [0.15, 0.2) is 48.5 Å². The minimum Gasteiger partial charge on any atom is -0.298 e. The molecule has 3 aromatic rings. The SMILES string of the molecule is O=Cc1ccccc1-c1cc2cc(F)ccc2s1. The molecule has 0 fully saturated rings. The number of aldehydes is 1. The second-order valence-electron chi connectivity index (χ2n) is 4.00. The van der Waals surface area contributed by atoms with E-state index in [2.05, 4.69) is 0 Å². The van der Waals surface area contributed by atoms with Gasteiger partial charge in [-0.15, -0.1) is 11.3 Å². The van der Waals surface area contributed by atoms with Crippen LogP contribution in [0.2, 0.25) is 0 Å². The van der Waals surface area contributed by atoms with Crippen molar-refractivity contribution in [3.8, 4) is 10.4 Å². The van der Waals surface area contributed by atoms with Crippen molar-refractivity contribution in [3.05, 3.63) is 59.9 Å². The van der Waals surface area contributed by atoms with Crippen LogP contribution < -0.4 is 0 Å². The number of rotatable bonds is 2. The lowest BCUT2D eigenvalue weighted by Crippen LogP contribution is -1.83. The van der Waals surface area contributed by atoms with Crippen molar-refractivity contribution in [1.82, 2.24) is 0 Å². The normalized spacial score (nSPS) is 10.7. The highest BCUT2D eigenvalue weighted by molar-refractivity contribution is 7.22. The Morgan fingerprint density at radius 1 is 1.06 bits per heavy atom. The molecule has 18 heavy (non-hydrogen) atoms. The first kappa shape index (κ1) is 11.1. The second kappa shape index (κ2) is 4.35. The Balaban J connectivity index is 2.22. The highest BCUT2D eigenvalue weighted by Gasteiger charge is 2.08. The molecule has 0 aliphatic heterocycles. The van der Waals surface area contributed by atoms with Gasteiger partial charge in [0.05, 0.1) is 0 Å². The van der Waals surface area contributed by atoms with Crippen molar-refractivity contribution in [2.45, 2.75) is 0 Å². The van der Waals surface area contributed by atoms with E-state index in [1.807, 2.05) is 24.3 Å². The van der Waals surface area contributed by atoms with Crippen LogP contribution in [0.4, 0.5) is 4.39 Å². The van der Waals surface area contributed by atoms with E-state index in [-0.39, 0.29) is 5.82 Å². The summed E-state index contributed by atoms with van der Waals surface area (Å²) in [5.41, 5.74) is 1.55. The average molecular weight is 256 g/mol.